The molecule has 53 heavy (non-hydrogen) atoms. The van der Waals surface area contributed by atoms with Gasteiger partial charge in [-0.2, -0.15) is 0 Å². The maximum absolute atomic E-state index is 14.3. The lowest BCUT2D eigenvalue weighted by Crippen LogP contribution is -2.57. The number of alkyl halides is 3. The van der Waals surface area contributed by atoms with Crippen LogP contribution in [-0.4, -0.2) is 72.5 Å². The van der Waals surface area contributed by atoms with E-state index in [4.69, 9.17) is 9.47 Å². The molecule has 0 bridgehead atoms. The molecule has 288 valence electrons. The Morgan fingerprint density at radius 1 is 0.962 bits per heavy atom. The van der Waals surface area contributed by atoms with Crippen molar-refractivity contribution >= 4 is 33.8 Å². The molecule has 11 nitrogen and oxygen atoms in total. The minimum Gasteiger partial charge on any atom is -0.490 e. The molecule has 6 atom stereocenters. The summed E-state index contributed by atoms with van der Waals surface area (Å²) in [6, 6.07) is 12.4. The summed E-state index contributed by atoms with van der Waals surface area (Å²) >= 11 is 3.38. The molecular weight excluding hydrogens is 770 g/mol. The van der Waals surface area contributed by atoms with Crippen molar-refractivity contribution in [1.29, 1.82) is 0 Å². The van der Waals surface area contributed by atoms with Gasteiger partial charge in [0.15, 0.2) is 0 Å². The zero-order valence-corrected chi connectivity index (χ0v) is 31.0. The first-order chi connectivity index (χ1) is 24.8. The topological polar surface area (TPSA) is 155 Å². The summed E-state index contributed by atoms with van der Waals surface area (Å²) in [4.78, 5) is 40.0. The van der Waals surface area contributed by atoms with Crippen LogP contribution in [0.5, 0.6) is 11.5 Å². The van der Waals surface area contributed by atoms with Gasteiger partial charge in [0, 0.05) is 16.0 Å². The molecule has 0 fully saturated rings. The average molecular weight is 813 g/mol. The highest BCUT2D eigenvalue weighted by atomic mass is 79.9. The molecule has 3 aromatic rings. The fraction of sp³-hybridized carbons (Fsp3) is 0.432. The van der Waals surface area contributed by atoms with Crippen LogP contribution in [0.15, 0.2) is 71.2 Å². The molecule has 0 saturated carbocycles. The first-order valence-electron chi connectivity index (χ1n) is 16.7. The molecule has 16 heteroatoms. The highest BCUT2D eigenvalue weighted by molar-refractivity contribution is 9.10. The second-order valence-electron chi connectivity index (χ2n) is 13.8. The lowest BCUT2D eigenvalue weighted by Gasteiger charge is -2.34. The van der Waals surface area contributed by atoms with Crippen molar-refractivity contribution < 1.29 is 56.4 Å². The van der Waals surface area contributed by atoms with Gasteiger partial charge < -0.3 is 40.4 Å². The van der Waals surface area contributed by atoms with Gasteiger partial charge in [0.05, 0.1) is 25.3 Å². The van der Waals surface area contributed by atoms with E-state index in [1.165, 1.54) is 18.2 Å². The Kier molecular flexibility index (Phi) is 13.7. The van der Waals surface area contributed by atoms with Crippen LogP contribution in [0.3, 0.4) is 0 Å². The zero-order valence-electron chi connectivity index (χ0n) is 29.4. The van der Waals surface area contributed by atoms with Crippen LogP contribution < -0.4 is 25.4 Å². The number of aliphatic hydroxyl groups excluding tert-OH is 2. The van der Waals surface area contributed by atoms with E-state index in [0.29, 0.717) is 5.56 Å². The number of fused-ring (bicyclic) bond motifs is 1. The van der Waals surface area contributed by atoms with Crippen molar-refractivity contribution in [3.63, 3.8) is 0 Å². The molecule has 3 amide bonds. The van der Waals surface area contributed by atoms with Gasteiger partial charge in [-0.1, -0.05) is 61.0 Å². The van der Waals surface area contributed by atoms with Gasteiger partial charge in [-0.25, -0.2) is 9.18 Å². The number of methoxy groups -OCH3 is 1. The Morgan fingerprint density at radius 2 is 1.66 bits per heavy atom. The summed E-state index contributed by atoms with van der Waals surface area (Å²) in [5, 5.41) is 30.7. The number of hydrogen-bond acceptors (Lipinski definition) is 8. The number of amides is 3. The third-order valence-corrected chi connectivity index (χ3v) is 9.18. The number of halogens is 5. The molecule has 0 aliphatic carbocycles. The summed E-state index contributed by atoms with van der Waals surface area (Å²) in [7, 11) is 1.15. The second-order valence-corrected chi connectivity index (χ2v) is 14.7. The van der Waals surface area contributed by atoms with Gasteiger partial charge in [0.1, 0.15) is 36.1 Å². The van der Waals surface area contributed by atoms with E-state index in [1.54, 1.807) is 45.0 Å². The number of alkyl carbamates (subject to hydrolysis) is 1. The summed E-state index contributed by atoms with van der Waals surface area (Å²) in [5.41, 5.74) is 0.315. The van der Waals surface area contributed by atoms with Crippen LogP contribution in [0, 0.1) is 17.2 Å². The maximum Gasteiger partial charge on any atom is 0.573 e. The SMILES string of the molecule is COC(=O)N[C@H](C(=O)N[C@@H](Cc1ccc(Br)cc1)C(O)C[C@@H](Cc1cccc(OC(F)(F)F)c1)C(=O)N[C@H]1c2cc(F)ccc2OC[C@H]1O)C(C)(C)C. The van der Waals surface area contributed by atoms with Crippen molar-refractivity contribution in [1.82, 2.24) is 16.0 Å². The average Bonchev–Trinajstić information content (AvgIpc) is 3.07. The Balaban J connectivity index is 1.68. The van der Waals surface area contributed by atoms with E-state index in [0.717, 1.165) is 35.8 Å². The van der Waals surface area contributed by atoms with E-state index in [2.05, 4.69) is 36.6 Å². The lowest BCUT2D eigenvalue weighted by molar-refractivity contribution is -0.274. The minimum atomic E-state index is -4.97. The Labute approximate surface area is 312 Å². The van der Waals surface area contributed by atoms with E-state index >= 15 is 0 Å². The molecule has 4 rings (SSSR count). The highest BCUT2D eigenvalue weighted by Crippen LogP contribution is 2.34. The van der Waals surface area contributed by atoms with Gasteiger partial charge in [0.25, 0.3) is 0 Å². The molecule has 0 spiro atoms. The summed E-state index contributed by atoms with van der Waals surface area (Å²) in [6.07, 6.45) is -9.03. The fourth-order valence-corrected chi connectivity index (χ4v) is 6.25. The van der Waals surface area contributed by atoms with E-state index in [9.17, 15) is 42.2 Å². The number of nitrogens with one attached hydrogen (secondary N) is 3. The Morgan fingerprint density at radius 3 is 2.30 bits per heavy atom. The normalized spacial score (nSPS) is 17.9. The van der Waals surface area contributed by atoms with Crippen LogP contribution >= 0.6 is 15.9 Å². The van der Waals surface area contributed by atoms with Crippen LogP contribution in [0.1, 0.15) is 49.9 Å². The van der Waals surface area contributed by atoms with E-state index in [-0.39, 0.29) is 42.7 Å². The lowest BCUT2D eigenvalue weighted by atomic mass is 9.85. The van der Waals surface area contributed by atoms with Gasteiger partial charge >= 0.3 is 12.5 Å². The number of benzene rings is 3. The van der Waals surface area contributed by atoms with Gasteiger partial charge in [0.2, 0.25) is 11.8 Å². The molecule has 1 heterocycles. The second kappa shape index (κ2) is 17.6. The summed E-state index contributed by atoms with van der Waals surface area (Å²) in [5.74, 6) is -3.47. The van der Waals surface area contributed by atoms with Crippen LogP contribution in [-0.2, 0) is 27.2 Å². The third kappa shape index (κ3) is 12.1. The number of carbonyl (C=O) groups excluding carboxylic acids is 3. The van der Waals surface area contributed by atoms with Crippen LogP contribution in [0.4, 0.5) is 22.4 Å². The molecule has 1 aliphatic heterocycles. The predicted octanol–water partition coefficient (Wildman–Crippen LogP) is 5.51. The largest absolute Gasteiger partial charge is 0.573 e. The minimum absolute atomic E-state index is 0.0733. The molecular formula is C37H42BrF4N3O8. The molecule has 0 saturated heterocycles. The molecule has 3 aromatic carbocycles. The Hall–Kier alpha value is -4.41. The quantitative estimate of drug-likeness (QED) is 0.142. The first kappa shape index (κ1) is 41.3. The summed E-state index contributed by atoms with van der Waals surface area (Å²) in [6.45, 7) is 4.95. The number of carbonyl (C=O) groups is 3. The molecule has 1 unspecified atom stereocenters. The smallest absolute Gasteiger partial charge is 0.490 e. The van der Waals surface area contributed by atoms with Gasteiger partial charge in [-0.15, -0.1) is 13.2 Å². The molecule has 0 aromatic heterocycles. The number of hydrogen-bond donors (Lipinski definition) is 5. The van der Waals surface area contributed by atoms with E-state index < -0.39 is 77.5 Å². The first-order valence-corrected chi connectivity index (χ1v) is 17.4. The third-order valence-electron chi connectivity index (χ3n) is 8.65. The van der Waals surface area contributed by atoms with Crippen molar-refractivity contribution in [2.75, 3.05) is 13.7 Å². The van der Waals surface area contributed by atoms with Crippen molar-refractivity contribution in [3.05, 3.63) is 93.7 Å². The van der Waals surface area contributed by atoms with Crippen molar-refractivity contribution in [3.8, 4) is 11.5 Å². The summed E-state index contributed by atoms with van der Waals surface area (Å²) < 4.78 is 68.5. The molecule has 5 N–H and O–H groups in total. The maximum atomic E-state index is 14.3. The number of ether oxygens (including phenoxy) is 3. The van der Waals surface area contributed by atoms with Gasteiger partial charge in [-0.05, 0) is 78.3 Å². The molecule has 1 aliphatic rings. The van der Waals surface area contributed by atoms with Crippen LogP contribution in [0.2, 0.25) is 0 Å². The highest BCUT2D eigenvalue weighted by Gasteiger charge is 2.38. The molecule has 0 radical (unpaired) electrons. The number of rotatable bonds is 13. The van der Waals surface area contributed by atoms with Gasteiger partial charge in [-0.3, -0.25) is 9.59 Å². The Bertz CT molecular complexity index is 1740. The monoisotopic (exact) mass is 811 g/mol. The standard InChI is InChI=1S/C37H42BrF4N3O8/c1-36(2,3)32(45-35(50)51-4)34(49)43-27(16-20-8-10-23(38)11-9-20)28(46)17-22(14-21-6-5-7-25(15-21)53-37(40,41)42)33(48)44-31-26-18-24(39)12-13-30(26)52-19-29(31)47/h5-13,15,18,22,27-29,31-32,46-47H,14,16-17,19H2,1-4H3,(H,43,49)(H,44,48)(H,45,50)/t22-,27+,28?,29-,31+,32-/m1/s1. The van der Waals surface area contributed by atoms with Crippen molar-refractivity contribution in [2.24, 2.45) is 11.3 Å². The van der Waals surface area contributed by atoms with Crippen molar-refractivity contribution in [2.45, 2.75) is 76.7 Å². The number of aliphatic hydroxyl groups is 2. The zero-order chi connectivity index (χ0) is 39.1. The fourth-order valence-electron chi connectivity index (χ4n) is 5.99. The van der Waals surface area contributed by atoms with E-state index in [1.807, 2.05) is 0 Å². The predicted molar refractivity (Wildman–Crippen MR) is 188 cm³/mol. The van der Waals surface area contributed by atoms with Crippen LogP contribution in [0.25, 0.3) is 0 Å².